The molecule has 0 spiro atoms. The maximum absolute atomic E-state index is 10.9. The summed E-state index contributed by atoms with van der Waals surface area (Å²) in [6.07, 6.45) is 2.33. The summed E-state index contributed by atoms with van der Waals surface area (Å²) in [6, 6.07) is 7.19. The van der Waals surface area contributed by atoms with Gasteiger partial charge in [-0.25, -0.2) is 4.79 Å². The van der Waals surface area contributed by atoms with Crippen LogP contribution >= 0.6 is 0 Å². The van der Waals surface area contributed by atoms with Crippen molar-refractivity contribution in [2.24, 2.45) is 0 Å². The molecular weight excluding hydrogens is 202 g/mol. The number of nitrogens with zero attached hydrogens (tertiary/aromatic N) is 1. The fourth-order valence-corrected chi connectivity index (χ4v) is 2.39. The van der Waals surface area contributed by atoms with E-state index >= 15 is 0 Å². The van der Waals surface area contributed by atoms with Gasteiger partial charge < -0.3 is 10.0 Å². The second-order valence-corrected chi connectivity index (χ2v) is 4.92. The zero-order valence-corrected chi connectivity index (χ0v) is 9.73. The van der Waals surface area contributed by atoms with Gasteiger partial charge in [-0.05, 0) is 44.9 Å². The van der Waals surface area contributed by atoms with Gasteiger partial charge in [-0.1, -0.05) is 6.07 Å². The highest BCUT2D eigenvalue weighted by Crippen LogP contribution is 2.33. The molecule has 1 aromatic carbocycles. The zero-order chi connectivity index (χ0) is 11.8. The van der Waals surface area contributed by atoms with Crippen LogP contribution in [-0.4, -0.2) is 23.2 Å². The minimum absolute atomic E-state index is 0.136. The summed E-state index contributed by atoms with van der Waals surface area (Å²) in [5, 5.41) is 8.96. The van der Waals surface area contributed by atoms with E-state index in [1.807, 2.05) is 12.1 Å². The molecule has 0 saturated carbocycles. The van der Waals surface area contributed by atoms with Gasteiger partial charge in [0.1, 0.15) is 0 Å². The minimum Gasteiger partial charge on any atom is -0.478 e. The first-order chi connectivity index (χ1) is 7.50. The zero-order valence-electron chi connectivity index (χ0n) is 9.73. The number of carboxylic acids is 1. The molecule has 16 heavy (non-hydrogen) atoms. The summed E-state index contributed by atoms with van der Waals surface area (Å²) in [5.41, 5.74) is 1.51. The van der Waals surface area contributed by atoms with Crippen LogP contribution in [0.1, 0.15) is 37.0 Å². The monoisotopic (exact) mass is 219 g/mol. The molecule has 1 heterocycles. The van der Waals surface area contributed by atoms with Crippen LogP contribution in [0, 0.1) is 0 Å². The molecular formula is C13H17NO2. The van der Waals surface area contributed by atoms with E-state index in [0.29, 0.717) is 5.56 Å². The first kappa shape index (κ1) is 11.0. The summed E-state index contributed by atoms with van der Waals surface area (Å²) < 4.78 is 0. The third-order valence-electron chi connectivity index (χ3n) is 3.31. The second kappa shape index (κ2) is 3.81. The highest BCUT2D eigenvalue weighted by atomic mass is 16.4. The SMILES string of the molecule is CC1(C)CCCN1c1cccc(C(=O)O)c1. The standard InChI is InChI=1S/C13H17NO2/c1-13(2)7-4-8-14(13)11-6-3-5-10(9-11)12(15)16/h3,5-6,9H,4,7-8H2,1-2H3,(H,15,16). The topological polar surface area (TPSA) is 40.5 Å². The lowest BCUT2D eigenvalue weighted by atomic mass is 10.0. The Hall–Kier alpha value is -1.51. The quantitative estimate of drug-likeness (QED) is 0.831. The molecule has 3 heteroatoms. The summed E-state index contributed by atoms with van der Waals surface area (Å²) in [4.78, 5) is 13.2. The Morgan fingerprint density at radius 1 is 1.44 bits per heavy atom. The molecule has 0 radical (unpaired) electrons. The lowest BCUT2D eigenvalue weighted by Crippen LogP contribution is -2.38. The summed E-state index contributed by atoms with van der Waals surface area (Å²) in [6.45, 7) is 5.41. The number of aromatic carboxylic acids is 1. The molecule has 0 aliphatic carbocycles. The van der Waals surface area contributed by atoms with Crippen LogP contribution in [-0.2, 0) is 0 Å². The second-order valence-electron chi connectivity index (χ2n) is 4.92. The van der Waals surface area contributed by atoms with Gasteiger partial charge in [-0.3, -0.25) is 0 Å². The van der Waals surface area contributed by atoms with Crippen LogP contribution in [0.5, 0.6) is 0 Å². The molecule has 1 N–H and O–H groups in total. The maximum atomic E-state index is 10.9. The van der Waals surface area contributed by atoms with Gasteiger partial charge in [0, 0.05) is 17.8 Å². The van der Waals surface area contributed by atoms with E-state index in [0.717, 1.165) is 18.7 Å². The van der Waals surface area contributed by atoms with Crippen molar-refractivity contribution in [2.45, 2.75) is 32.2 Å². The summed E-state index contributed by atoms with van der Waals surface area (Å²) in [5.74, 6) is -0.862. The van der Waals surface area contributed by atoms with E-state index < -0.39 is 5.97 Å². The number of hydrogen-bond donors (Lipinski definition) is 1. The van der Waals surface area contributed by atoms with Crippen molar-refractivity contribution < 1.29 is 9.90 Å². The Labute approximate surface area is 95.7 Å². The third-order valence-corrected chi connectivity index (χ3v) is 3.31. The Kier molecular flexibility index (Phi) is 2.62. The molecule has 2 rings (SSSR count). The lowest BCUT2D eigenvalue weighted by molar-refractivity contribution is 0.0697. The largest absolute Gasteiger partial charge is 0.478 e. The minimum atomic E-state index is -0.862. The number of hydrogen-bond acceptors (Lipinski definition) is 2. The van der Waals surface area contributed by atoms with Crippen LogP contribution < -0.4 is 4.90 Å². The Balaban J connectivity index is 2.34. The average molecular weight is 219 g/mol. The lowest BCUT2D eigenvalue weighted by Gasteiger charge is -2.33. The number of anilines is 1. The Morgan fingerprint density at radius 2 is 2.19 bits per heavy atom. The molecule has 1 fully saturated rings. The molecule has 86 valence electrons. The molecule has 1 saturated heterocycles. The molecule has 0 aromatic heterocycles. The molecule has 1 aromatic rings. The molecule has 1 aliphatic heterocycles. The van der Waals surface area contributed by atoms with Gasteiger partial charge in [0.05, 0.1) is 5.56 Å². The number of carbonyl (C=O) groups is 1. The summed E-state index contributed by atoms with van der Waals surface area (Å²) in [7, 11) is 0. The van der Waals surface area contributed by atoms with Crippen molar-refractivity contribution in [3.05, 3.63) is 29.8 Å². The average Bonchev–Trinajstić information content (AvgIpc) is 2.58. The highest BCUT2D eigenvalue weighted by Gasteiger charge is 2.32. The predicted octanol–water partition coefficient (Wildman–Crippen LogP) is 2.76. The van der Waals surface area contributed by atoms with E-state index in [2.05, 4.69) is 18.7 Å². The van der Waals surface area contributed by atoms with Crippen LogP contribution in [0.4, 0.5) is 5.69 Å². The van der Waals surface area contributed by atoms with Gasteiger partial charge in [0.25, 0.3) is 0 Å². The Bertz CT molecular complexity index is 412. The van der Waals surface area contributed by atoms with Gasteiger partial charge >= 0.3 is 5.97 Å². The number of benzene rings is 1. The van der Waals surface area contributed by atoms with Crippen molar-refractivity contribution in [1.82, 2.24) is 0 Å². The van der Waals surface area contributed by atoms with Crippen molar-refractivity contribution in [1.29, 1.82) is 0 Å². The van der Waals surface area contributed by atoms with E-state index in [1.54, 1.807) is 12.1 Å². The normalized spacial score (nSPS) is 18.8. The smallest absolute Gasteiger partial charge is 0.335 e. The highest BCUT2D eigenvalue weighted by molar-refractivity contribution is 5.88. The van der Waals surface area contributed by atoms with E-state index in [9.17, 15) is 4.79 Å². The van der Waals surface area contributed by atoms with E-state index in [1.165, 1.54) is 6.42 Å². The molecule has 3 nitrogen and oxygen atoms in total. The third kappa shape index (κ3) is 1.90. The first-order valence-electron chi connectivity index (χ1n) is 5.62. The Morgan fingerprint density at radius 3 is 2.75 bits per heavy atom. The van der Waals surface area contributed by atoms with Crippen LogP contribution in [0.3, 0.4) is 0 Å². The molecule has 0 unspecified atom stereocenters. The fourth-order valence-electron chi connectivity index (χ4n) is 2.39. The van der Waals surface area contributed by atoms with Crippen molar-refractivity contribution >= 4 is 11.7 Å². The molecule has 0 atom stereocenters. The first-order valence-corrected chi connectivity index (χ1v) is 5.62. The van der Waals surface area contributed by atoms with Crippen molar-refractivity contribution in [2.75, 3.05) is 11.4 Å². The summed E-state index contributed by atoms with van der Waals surface area (Å²) >= 11 is 0. The van der Waals surface area contributed by atoms with Gasteiger partial charge in [-0.15, -0.1) is 0 Å². The van der Waals surface area contributed by atoms with Crippen LogP contribution in [0.15, 0.2) is 24.3 Å². The number of carboxylic acid groups (broad SMARTS) is 1. The molecule has 1 aliphatic rings. The molecule has 0 amide bonds. The van der Waals surface area contributed by atoms with Crippen LogP contribution in [0.2, 0.25) is 0 Å². The molecule has 0 bridgehead atoms. The van der Waals surface area contributed by atoms with Gasteiger partial charge in [0.2, 0.25) is 0 Å². The predicted molar refractivity (Wildman–Crippen MR) is 64.1 cm³/mol. The van der Waals surface area contributed by atoms with Gasteiger partial charge in [0.15, 0.2) is 0 Å². The van der Waals surface area contributed by atoms with Gasteiger partial charge in [-0.2, -0.15) is 0 Å². The van der Waals surface area contributed by atoms with Crippen molar-refractivity contribution in [3.8, 4) is 0 Å². The fraction of sp³-hybridized carbons (Fsp3) is 0.462. The maximum Gasteiger partial charge on any atom is 0.335 e. The van der Waals surface area contributed by atoms with Crippen LogP contribution in [0.25, 0.3) is 0 Å². The number of rotatable bonds is 2. The van der Waals surface area contributed by atoms with E-state index in [4.69, 9.17) is 5.11 Å². The van der Waals surface area contributed by atoms with E-state index in [-0.39, 0.29) is 5.54 Å². The van der Waals surface area contributed by atoms with Crippen molar-refractivity contribution in [3.63, 3.8) is 0 Å².